The van der Waals surface area contributed by atoms with Crippen LogP contribution in [0, 0.1) is 0 Å². The van der Waals surface area contributed by atoms with Crippen molar-refractivity contribution in [3.8, 4) is 62.0 Å². The van der Waals surface area contributed by atoms with Gasteiger partial charge in [-0.25, -0.2) is 15.0 Å². The van der Waals surface area contributed by atoms with Crippen LogP contribution >= 0.6 is 0 Å². The summed E-state index contributed by atoms with van der Waals surface area (Å²) in [6.45, 7) is 0. The average molecular weight is 667 g/mol. The van der Waals surface area contributed by atoms with Crippen molar-refractivity contribution in [2.24, 2.45) is 0 Å². The number of nitrogens with zero attached hydrogens (tertiary/aromatic N) is 6. The van der Waals surface area contributed by atoms with Gasteiger partial charge in [-0.2, -0.15) is 0 Å². The third-order valence-electron chi connectivity index (χ3n) is 9.58. The highest BCUT2D eigenvalue weighted by atomic mass is 15.3. The number of pyridine rings is 1. The minimum Gasteiger partial charge on any atom is -0.280 e. The molecule has 0 saturated carbocycles. The Morgan fingerprint density at radius 2 is 1.00 bits per heavy atom. The van der Waals surface area contributed by atoms with E-state index in [2.05, 4.69) is 131 Å². The van der Waals surface area contributed by atoms with Crippen molar-refractivity contribution in [2.75, 3.05) is 4.90 Å². The van der Waals surface area contributed by atoms with Gasteiger partial charge in [-0.1, -0.05) is 115 Å². The molecular formula is C46H30N6. The van der Waals surface area contributed by atoms with Crippen LogP contribution in [0.2, 0.25) is 0 Å². The quantitative estimate of drug-likeness (QED) is 0.183. The summed E-state index contributed by atoms with van der Waals surface area (Å²) in [7, 11) is 0. The zero-order chi connectivity index (χ0) is 34.4. The van der Waals surface area contributed by atoms with Crippen LogP contribution in [-0.2, 0) is 0 Å². The minimum absolute atomic E-state index is 0.666. The zero-order valence-electron chi connectivity index (χ0n) is 28.0. The molecule has 6 aromatic carbocycles. The van der Waals surface area contributed by atoms with E-state index in [1.165, 1.54) is 0 Å². The predicted molar refractivity (Wildman–Crippen MR) is 210 cm³/mol. The molecule has 1 aliphatic rings. The van der Waals surface area contributed by atoms with E-state index in [4.69, 9.17) is 19.9 Å². The largest absolute Gasteiger partial charge is 0.280 e. The molecule has 244 valence electrons. The van der Waals surface area contributed by atoms with E-state index < -0.39 is 0 Å². The molecule has 10 rings (SSSR count). The van der Waals surface area contributed by atoms with Gasteiger partial charge >= 0.3 is 0 Å². The van der Waals surface area contributed by atoms with Crippen LogP contribution in [0.4, 0.5) is 17.3 Å². The highest BCUT2D eigenvalue weighted by Crippen LogP contribution is 2.48. The molecule has 0 radical (unpaired) electrons. The van der Waals surface area contributed by atoms with Crippen molar-refractivity contribution >= 4 is 28.4 Å². The van der Waals surface area contributed by atoms with Crippen molar-refractivity contribution in [3.63, 3.8) is 0 Å². The normalized spacial score (nSPS) is 11.8. The Morgan fingerprint density at radius 1 is 0.404 bits per heavy atom. The van der Waals surface area contributed by atoms with Crippen LogP contribution in [0.25, 0.3) is 73.0 Å². The van der Waals surface area contributed by atoms with Gasteiger partial charge < -0.3 is 0 Å². The monoisotopic (exact) mass is 666 g/mol. The van der Waals surface area contributed by atoms with E-state index in [0.29, 0.717) is 5.82 Å². The Balaban J connectivity index is 1.27. The Hall–Kier alpha value is -7.18. The number of anilines is 3. The van der Waals surface area contributed by atoms with E-state index in [-0.39, 0.29) is 0 Å². The first-order chi connectivity index (χ1) is 25.8. The fourth-order valence-electron chi connectivity index (χ4n) is 7.19. The van der Waals surface area contributed by atoms with Crippen LogP contribution < -0.4 is 4.90 Å². The first kappa shape index (κ1) is 29.7. The van der Waals surface area contributed by atoms with Gasteiger partial charge in [0.25, 0.3) is 0 Å². The van der Waals surface area contributed by atoms with Gasteiger partial charge in [-0.3, -0.25) is 14.5 Å². The van der Waals surface area contributed by atoms with E-state index >= 15 is 0 Å². The summed E-state index contributed by atoms with van der Waals surface area (Å²) in [6, 6.07) is 60.7. The maximum Gasteiger partial charge on any atom is 0.220 e. The van der Waals surface area contributed by atoms with Gasteiger partial charge in [-0.05, 0) is 60.7 Å². The third kappa shape index (κ3) is 5.05. The van der Waals surface area contributed by atoms with Gasteiger partial charge in [-0.15, -0.1) is 0 Å². The standard InChI is InChI=1S/C46H30N6/c1-3-15-31(16-4-1)40-30-41(49-45(48-40)32-17-5-2-6-18-32)34-27-33(38-21-13-14-26-47-38)28-35(29-34)51-42-23-10-7-19-36(42)37-20-8-11-24-43(37)52-44-25-12-9-22-39(44)50-46(51)52/h1-30H. The van der Waals surface area contributed by atoms with Crippen LogP contribution in [-0.4, -0.2) is 24.5 Å². The molecule has 0 aliphatic carbocycles. The summed E-state index contributed by atoms with van der Waals surface area (Å²) in [6.07, 6.45) is 1.84. The number of aromatic nitrogens is 5. The van der Waals surface area contributed by atoms with Gasteiger partial charge in [0.2, 0.25) is 5.95 Å². The Labute approximate surface area is 301 Å². The first-order valence-corrected chi connectivity index (χ1v) is 17.3. The van der Waals surface area contributed by atoms with Crippen molar-refractivity contribution in [2.45, 2.75) is 0 Å². The molecular weight excluding hydrogens is 637 g/mol. The van der Waals surface area contributed by atoms with E-state index in [1.54, 1.807) is 0 Å². The summed E-state index contributed by atoms with van der Waals surface area (Å²) < 4.78 is 2.28. The second kappa shape index (κ2) is 12.3. The molecule has 0 unspecified atom stereocenters. The van der Waals surface area contributed by atoms with Crippen molar-refractivity contribution < 1.29 is 0 Å². The molecule has 0 spiro atoms. The molecule has 0 amide bonds. The Kier molecular flexibility index (Phi) is 7.03. The molecule has 0 atom stereocenters. The predicted octanol–water partition coefficient (Wildman–Crippen LogP) is 11.3. The summed E-state index contributed by atoms with van der Waals surface area (Å²) in [5, 5.41) is 0. The van der Waals surface area contributed by atoms with Gasteiger partial charge in [0, 0.05) is 39.6 Å². The second-order valence-corrected chi connectivity index (χ2v) is 12.8. The molecule has 9 aromatic rings. The number of para-hydroxylation sites is 4. The fraction of sp³-hybridized carbons (Fsp3) is 0. The number of rotatable bonds is 5. The van der Waals surface area contributed by atoms with Crippen molar-refractivity contribution in [3.05, 3.63) is 182 Å². The van der Waals surface area contributed by atoms with E-state index in [9.17, 15) is 0 Å². The summed E-state index contributed by atoms with van der Waals surface area (Å²) >= 11 is 0. The molecule has 6 heteroatoms. The third-order valence-corrected chi connectivity index (χ3v) is 9.58. The molecule has 3 aromatic heterocycles. The highest BCUT2D eigenvalue weighted by Gasteiger charge is 2.29. The fourth-order valence-corrected chi connectivity index (χ4v) is 7.19. The first-order valence-electron chi connectivity index (χ1n) is 17.3. The number of hydrogen-bond acceptors (Lipinski definition) is 5. The highest BCUT2D eigenvalue weighted by molar-refractivity contribution is 5.97. The molecule has 0 bridgehead atoms. The van der Waals surface area contributed by atoms with Gasteiger partial charge in [0.15, 0.2) is 5.82 Å². The van der Waals surface area contributed by atoms with Crippen molar-refractivity contribution in [1.82, 2.24) is 24.5 Å². The maximum atomic E-state index is 5.33. The molecule has 6 nitrogen and oxygen atoms in total. The number of imidazole rings is 1. The smallest absolute Gasteiger partial charge is 0.220 e. The number of hydrogen-bond donors (Lipinski definition) is 0. The maximum absolute atomic E-state index is 5.33. The van der Waals surface area contributed by atoms with Gasteiger partial charge in [0.1, 0.15) is 0 Å². The Bertz CT molecular complexity index is 2680. The van der Waals surface area contributed by atoms with Crippen LogP contribution in [0.3, 0.4) is 0 Å². The Morgan fingerprint density at radius 3 is 1.75 bits per heavy atom. The lowest BCUT2D eigenvalue weighted by molar-refractivity contribution is 1.05. The van der Waals surface area contributed by atoms with Gasteiger partial charge in [0.05, 0.1) is 45.2 Å². The van der Waals surface area contributed by atoms with Crippen LogP contribution in [0.15, 0.2) is 182 Å². The number of fused-ring (bicyclic) bond motifs is 7. The lowest BCUT2D eigenvalue weighted by Crippen LogP contribution is -2.14. The van der Waals surface area contributed by atoms with Crippen LogP contribution in [0.1, 0.15) is 0 Å². The SMILES string of the molecule is c1ccc(-c2cc(-c3cc(-c4ccccn4)cc(N4c5ccccc5-c5ccccc5-n5c4nc4ccccc45)c3)nc(-c3ccccc3)n2)cc1. The average Bonchev–Trinajstić information content (AvgIpc) is 3.55. The summed E-state index contributed by atoms with van der Waals surface area (Å²) in [4.78, 5) is 22.7. The van der Waals surface area contributed by atoms with E-state index in [1.807, 2.05) is 60.8 Å². The number of benzene rings is 6. The molecule has 52 heavy (non-hydrogen) atoms. The topological polar surface area (TPSA) is 59.7 Å². The minimum atomic E-state index is 0.666. The molecule has 0 N–H and O–H groups in total. The lowest BCUT2D eigenvalue weighted by Gasteiger charge is -2.25. The molecule has 1 aliphatic heterocycles. The molecule has 0 saturated heterocycles. The van der Waals surface area contributed by atoms with Crippen molar-refractivity contribution in [1.29, 1.82) is 0 Å². The molecule has 4 heterocycles. The second-order valence-electron chi connectivity index (χ2n) is 12.8. The summed E-state index contributed by atoms with van der Waals surface area (Å²) in [5.41, 5.74) is 13.7. The van der Waals surface area contributed by atoms with Crippen LogP contribution in [0.5, 0.6) is 0 Å². The molecule has 0 fully saturated rings. The zero-order valence-corrected chi connectivity index (χ0v) is 28.0. The summed E-state index contributed by atoms with van der Waals surface area (Å²) in [5.74, 6) is 1.47. The van der Waals surface area contributed by atoms with E-state index in [0.717, 1.165) is 84.5 Å². The lowest BCUT2D eigenvalue weighted by atomic mass is 9.99.